The molecule has 1 aliphatic heterocycles. The lowest BCUT2D eigenvalue weighted by atomic mass is 10.2. The van der Waals surface area contributed by atoms with Crippen LogP contribution in [0.5, 0.6) is 0 Å². The smallest absolute Gasteiger partial charge is 0.317 e. The highest BCUT2D eigenvalue weighted by atomic mass is 35.5. The molecule has 1 saturated heterocycles. The first kappa shape index (κ1) is 17.9. The van der Waals surface area contributed by atoms with Gasteiger partial charge in [-0.2, -0.15) is 0 Å². The number of amides is 3. The molecule has 2 atom stereocenters. The van der Waals surface area contributed by atoms with E-state index in [2.05, 4.69) is 5.32 Å². The third-order valence-corrected chi connectivity index (χ3v) is 5.49. The van der Waals surface area contributed by atoms with E-state index in [-0.39, 0.29) is 22.6 Å². The maximum atomic E-state index is 12.5. The van der Waals surface area contributed by atoms with Gasteiger partial charge in [-0.05, 0) is 19.9 Å². The summed E-state index contributed by atoms with van der Waals surface area (Å²) in [5, 5.41) is 3.20. The fourth-order valence-electron chi connectivity index (χ4n) is 2.46. The van der Waals surface area contributed by atoms with Crippen LogP contribution in [-0.2, 0) is 4.79 Å². The van der Waals surface area contributed by atoms with Crippen molar-refractivity contribution in [3.63, 3.8) is 0 Å². The minimum atomic E-state index is -0.130. The van der Waals surface area contributed by atoms with Gasteiger partial charge in [0.1, 0.15) is 5.37 Å². The summed E-state index contributed by atoms with van der Waals surface area (Å²) in [6.45, 7) is 5.33. The molecule has 126 valence electrons. The van der Waals surface area contributed by atoms with Crippen LogP contribution in [-0.4, -0.2) is 53.7 Å². The summed E-state index contributed by atoms with van der Waals surface area (Å²) in [6, 6.07) is 7.46. The van der Waals surface area contributed by atoms with Crippen LogP contribution in [0, 0.1) is 0 Å². The van der Waals surface area contributed by atoms with Gasteiger partial charge in [0.2, 0.25) is 5.91 Å². The second-order valence-electron chi connectivity index (χ2n) is 5.44. The van der Waals surface area contributed by atoms with E-state index in [0.717, 1.165) is 5.56 Å². The van der Waals surface area contributed by atoms with Crippen LogP contribution >= 0.6 is 23.4 Å². The molecule has 0 aromatic heterocycles. The van der Waals surface area contributed by atoms with E-state index in [9.17, 15) is 9.59 Å². The van der Waals surface area contributed by atoms with E-state index < -0.39 is 0 Å². The lowest BCUT2D eigenvalue weighted by molar-refractivity contribution is -0.129. The Morgan fingerprint density at radius 2 is 2.13 bits per heavy atom. The van der Waals surface area contributed by atoms with Gasteiger partial charge in [-0.3, -0.25) is 4.79 Å². The van der Waals surface area contributed by atoms with Crippen LogP contribution in [0.1, 0.15) is 24.8 Å². The summed E-state index contributed by atoms with van der Waals surface area (Å²) in [7, 11) is 1.73. The number of benzene rings is 1. The van der Waals surface area contributed by atoms with Crippen LogP contribution in [0.25, 0.3) is 0 Å². The summed E-state index contributed by atoms with van der Waals surface area (Å²) in [5.74, 6) is 0.0872. The number of likely N-dealkylation sites (N-methyl/N-ethyl adjacent to an activating group) is 1. The fraction of sp³-hybridized carbons (Fsp3) is 0.500. The highest BCUT2D eigenvalue weighted by molar-refractivity contribution is 8.01. The molecule has 1 aromatic rings. The Bertz CT molecular complexity index is 584. The Morgan fingerprint density at radius 3 is 2.78 bits per heavy atom. The first-order chi connectivity index (χ1) is 11.0. The van der Waals surface area contributed by atoms with Crippen LogP contribution in [0.2, 0.25) is 5.02 Å². The number of urea groups is 1. The third-order valence-electron chi connectivity index (χ3n) is 3.77. The van der Waals surface area contributed by atoms with Gasteiger partial charge < -0.3 is 15.1 Å². The molecular weight excluding hydrogens is 334 g/mol. The zero-order valence-electron chi connectivity index (χ0n) is 13.6. The predicted molar refractivity (Wildman–Crippen MR) is 94.7 cm³/mol. The third kappa shape index (κ3) is 4.12. The van der Waals surface area contributed by atoms with Crippen molar-refractivity contribution in [3.05, 3.63) is 34.9 Å². The molecule has 2 unspecified atom stereocenters. The van der Waals surface area contributed by atoms with Crippen molar-refractivity contribution in [1.29, 1.82) is 0 Å². The van der Waals surface area contributed by atoms with Crippen molar-refractivity contribution in [2.75, 3.05) is 26.7 Å². The lowest BCUT2D eigenvalue weighted by Gasteiger charge is -2.27. The molecule has 0 spiro atoms. The van der Waals surface area contributed by atoms with Crippen molar-refractivity contribution in [2.24, 2.45) is 0 Å². The summed E-state index contributed by atoms with van der Waals surface area (Å²) in [4.78, 5) is 27.6. The average molecular weight is 356 g/mol. The normalized spacial score (nSPS) is 20.7. The average Bonchev–Trinajstić information content (AvgIpc) is 2.81. The number of nitrogens with one attached hydrogen (secondary N) is 1. The molecule has 1 heterocycles. The Balaban J connectivity index is 2.09. The summed E-state index contributed by atoms with van der Waals surface area (Å²) in [5.41, 5.74) is 0.942. The van der Waals surface area contributed by atoms with Crippen molar-refractivity contribution in [2.45, 2.75) is 24.5 Å². The van der Waals surface area contributed by atoms with E-state index in [4.69, 9.17) is 11.6 Å². The molecule has 1 aromatic carbocycles. The Kier molecular flexibility index (Phi) is 6.18. The Labute approximate surface area is 146 Å². The summed E-state index contributed by atoms with van der Waals surface area (Å²) in [6.07, 6.45) is 0. The molecule has 5 nitrogen and oxygen atoms in total. The van der Waals surface area contributed by atoms with Gasteiger partial charge in [0.05, 0.1) is 5.25 Å². The molecule has 1 aliphatic rings. The molecule has 23 heavy (non-hydrogen) atoms. The molecule has 0 saturated carbocycles. The Morgan fingerprint density at radius 1 is 1.43 bits per heavy atom. The predicted octanol–water partition coefficient (Wildman–Crippen LogP) is 2.96. The van der Waals surface area contributed by atoms with Crippen molar-refractivity contribution in [1.82, 2.24) is 15.1 Å². The quantitative estimate of drug-likeness (QED) is 0.883. The van der Waals surface area contributed by atoms with Crippen LogP contribution in [0.15, 0.2) is 24.3 Å². The molecule has 3 amide bonds. The number of nitrogens with zero attached hydrogens (tertiary/aromatic N) is 2. The van der Waals surface area contributed by atoms with Crippen LogP contribution in [0.3, 0.4) is 0 Å². The van der Waals surface area contributed by atoms with Gasteiger partial charge in [0.15, 0.2) is 0 Å². The van der Waals surface area contributed by atoms with Gasteiger partial charge in [-0.15, -0.1) is 11.8 Å². The highest BCUT2D eigenvalue weighted by Gasteiger charge is 2.39. The molecule has 1 N–H and O–H groups in total. The van der Waals surface area contributed by atoms with E-state index in [1.807, 2.05) is 43.0 Å². The topological polar surface area (TPSA) is 52.7 Å². The zero-order chi connectivity index (χ0) is 17.0. The van der Waals surface area contributed by atoms with Gasteiger partial charge in [0, 0.05) is 37.3 Å². The number of carbonyl (C=O) groups excluding carboxylic acids is 2. The summed E-state index contributed by atoms with van der Waals surface area (Å²) < 4.78 is 0. The van der Waals surface area contributed by atoms with Gasteiger partial charge in [0.25, 0.3) is 0 Å². The maximum absolute atomic E-state index is 12.5. The van der Waals surface area contributed by atoms with E-state index >= 15 is 0 Å². The van der Waals surface area contributed by atoms with Gasteiger partial charge >= 0.3 is 6.03 Å². The number of carbonyl (C=O) groups is 2. The maximum Gasteiger partial charge on any atom is 0.317 e. The molecule has 1 fully saturated rings. The monoisotopic (exact) mass is 355 g/mol. The first-order valence-corrected chi connectivity index (χ1v) is 8.97. The summed E-state index contributed by atoms with van der Waals surface area (Å²) >= 11 is 7.89. The largest absolute Gasteiger partial charge is 0.338 e. The molecule has 0 radical (unpaired) electrons. The van der Waals surface area contributed by atoms with Crippen molar-refractivity contribution >= 4 is 35.3 Å². The first-order valence-electron chi connectivity index (χ1n) is 7.65. The van der Waals surface area contributed by atoms with Crippen molar-refractivity contribution in [3.8, 4) is 0 Å². The van der Waals surface area contributed by atoms with Crippen molar-refractivity contribution < 1.29 is 9.59 Å². The number of hydrogen-bond donors (Lipinski definition) is 1. The molecular formula is C16H22ClN3O2S. The minimum Gasteiger partial charge on any atom is -0.338 e. The number of thioether (sulfide) groups is 1. The second-order valence-corrected chi connectivity index (χ2v) is 7.27. The Hall–Kier alpha value is -1.40. The van der Waals surface area contributed by atoms with Gasteiger partial charge in [-0.1, -0.05) is 29.8 Å². The number of hydrogen-bond acceptors (Lipinski definition) is 3. The molecule has 0 aliphatic carbocycles. The van der Waals surface area contributed by atoms with Crippen LogP contribution in [0.4, 0.5) is 4.79 Å². The lowest BCUT2D eigenvalue weighted by Crippen LogP contribution is -2.42. The van der Waals surface area contributed by atoms with Crippen LogP contribution < -0.4 is 5.32 Å². The van der Waals surface area contributed by atoms with Gasteiger partial charge in [-0.25, -0.2) is 4.79 Å². The zero-order valence-corrected chi connectivity index (χ0v) is 15.2. The van der Waals surface area contributed by atoms with E-state index in [0.29, 0.717) is 24.7 Å². The number of halogens is 1. The molecule has 7 heteroatoms. The molecule has 2 rings (SSSR count). The second kappa shape index (κ2) is 7.93. The fourth-order valence-corrected chi connectivity index (χ4v) is 4.11. The SMILES string of the molecule is CCNC(=O)N(C)CCN1C(=O)C(C)SC1c1ccccc1Cl. The van der Waals surface area contributed by atoms with E-state index in [1.54, 1.807) is 23.7 Å². The number of rotatable bonds is 5. The highest BCUT2D eigenvalue weighted by Crippen LogP contribution is 2.44. The standard InChI is InChI=1S/C16H22ClN3O2S/c1-4-18-16(22)19(3)9-10-20-14(21)11(2)23-15(20)12-7-5-6-8-13(12)17/h5-8,11,15H,4,9-10H2,1-3H3,(H,18,22). The van der Waals surface area contributed by atoms with E-state index in [1.165, 1.54) is 0 Å². The molecule has 0 bridgehead atoms. The minimum absolute atomic E-state index is 0.0872.